The molecule has 4 heterocycles. The van der Waals surface area contributed by atoms with E-state index < -0.39 is 0 Å². The van der Waals surface area contributed by atoms with Crippen molar-refractivity contribution in [3.63, 3.8) is 0 Å². The molecule has 2 aliphatic heterocycles. The molecule has 2 N–H and O–H groups in total. The summed E-state index contributed by atoms with van der Waals surface area (Å²) in [5, 5.41) is 4.51. The number of fused-ring (bicyclic) bond motifs is 2. The van der Waals surface area contributed by atoms with E-state index in [0.717, 1.165) is 56.9 Å². The maximum Gasteiger partial charge on any atom is 0.220 e. The molecule has 0 amide bonds. The Morgan fingerprint density at radius 2 is 1.93 bits per heavy atom. The minimum absolute atomic E-state index is 0.310. The molecule has 0 radical (unpaired) electrons. The average molecular weight is 376 g/mol. The molecule has 1 saturated heterocycles. The fraction of sp³-hybridized carbons (Fsp3) is 0.381. The molecular weight excluding hydrogens is 352 g/mol. The first-order valence-corrected chi connectivity index (χ1v) is 9.79. The molecular formula is C21H24N6O. The maximum atomic E-state index is 6.26. The molecule has 2 aromatic heterocycles. The number of nitrogen functional groups attached to an aromatic ring is 1. The van der Waals surface area contributed by atoms with Crippen LogP contribution in [0.15, 0.2) is 48.9 Å². The lowest BCUT2D eigenvalue weighted by atomic mass is 9.83. The quantitative estimate of drug-likeness (QED) is 0.755. The van der Waals surface area contributed by atoms with E-state index in [2.05, 4.69) is 38.3 Å². The fourth-order valence-electron chi connectivity index (χ4n) is 4.30. The molecule has 0 bridgehead atoms. The van der Waals surface area contributed by atoms with Gasteiger partial charge >= 0.3 is 0 Å². The number of para-hydroxylation sites is 1. The van der Waals surface area contributed by atoms with Crippen LogP contribution in [-0.4, -0.2) is 44.3 Å². The van der Waals surface area contributed by atoms with Crippen LogP contribution in [0.25, 0.3) is 5.69 Å². The summed E-state index contributed by atoms with van der Waals surface area (Å²) >= 11 is 0. The predicted molar refractivity (Wildman–Crippen MR) is 106 cm³/mol. The van der Waals surface area contributed by atoms with Gasteiger partial charge in [0.2, 0.25) is 5.95 Å². The number of aromatic nitrogens is 4. The predicted octanol–water partition coefficient (Wildman–Crippen LogP) is 2.31. The lowest BCUT2D eigenvalue weighted by Crippen LogP contribution is -2.47. The topological polar surface area (TPSA) is 82.1 Å². The highest BCUT2D eigenvalue weighted by molar-refractivity contribution is 5.33. The van der Waals surface area contributed by atoms with E-state index in [1.54, 1.807) is 0 Å². The van der Waals surface area contributed by atoms with Crippen LogP contribution in [0.4, 0.5) is 5.95 Å². The molecule has 3 aromatic rings. The molecule has 0 unspecified atom stereocenters. The average Bonchev–Trinajstić information content (AvgIpc) is 3.20. The highest BCUT2D eigenvalue weighted by atomic mass is 16.5. The van der Waals surface area contributed by atoms with E-state index in [4.69, 9.17) is 10.5 Å². The Kier molecular flexibility index (Phi) is 4.33. The molecule has 28 heavy (non-hydrogen) atoms. The Bertz CT molecular complexity index is 962. The molecule has 5 rings (SSSR count). The highest BCUT2D eigenvalue weighted by Crippen LogP contribution is 2.40. The summed E-state index contributed by atoms with van der Waals surface area (Å²) in [5.41, 5.74) is 10.0. The first kappa shape index (κ1) is 17.3. The number of ether oxygens (including phenoxy) is 1. The number of rotatable bonds is 3. The second kappa shape index (κ2) is 7.00. The van der Waals surface area contributed by atoms with Crippen molar-refractivity contribution in [2.24, 2.45) is 0 Å². The van der Waals surface area contributed by atoms with Gasteiger partial charge in [0, 0.05) is 37.6 Å². The summed E-state index contributed by atoms with van der Waals surface area (Å²) in [5.74, 6) is 0.333. The lowest BCUT2D eigenvalue weighted by Gasteiger charge is -2.44. The Morgan fingerprint density at radius 1 is 1.11 bits per heavy atom. The van der Waals surface area contributed by atoms with Crippen molar-refractivity contribution >= 4 is 5.95 Å². The van der Waals surface area contributed by atoms with Crippen LogP contribution >= 0.6 is 0 Å². The molecule has 2 aliphatic rings. The highest BCUT2D eigenvalue weighted by Gasteiger charge is 2.42. The SMILES string of the molecule is Nc1ncc2c(n1)C1(CCN(Cc3cnn(-c4ccccc4)c3)CC1)OCC2. The largest absolute Gasteiger partial charge is 0.368 e. The van der Waals surface area contributed by atoms with Gasteiger partial charge in [-0.05, 0) is 37.0 Å². The van der Waals surface area contributed by atoms with Crippen LogP contribution in [-0.2, 0) is 23.3 Å². The molecule has 1 aromatic carbocycles. The summed E-state index contributed by atoms with van der Waals surface area (Å²) in [4.78, 5) is 11.2. The number of hydrogen-bond acceptors (Lipinski definition) is 6. The van der Waals surface area contributed by atoms with Crippen molar-refractivity contribution in [3.8, 4) is 5.69 Å². The monoisotopic (exact) mass is 376 g/mol. The maximum absolute atomic E-state index is 6.26. The van der Waals surface area contributed by atoms with Crippen LogP contribution in [0.5, 0.6) is 0 Å². The Hall–Kier alpha value is -2.77. The summed E-state index contributed by atoms with van der Waals surface area (Å²) < 4.78 is 8.19. The summed E-state index contributed by atoms with van der Waals surface area (Å²) in [6, 6.07) is 10.2. The first-order chi connectivity index (χ1) is 13.7. The zero-order chi connectivity index (χ0) is 19.0. The number of hydrogen-bond donors (Lipinski definition) is 1. The van der Waals surface area contributed by atoms with E-state index in [-0.39, 0.29) is 5.60 Å². The van der Waals surface area contributed by atoms with E-state index in [9.17, 15) is 0 Å². The molecule has 7 nitrogen and oxygen atoms in total. The normalized spacial score (nSPS) is 18.9. The molecule has 1 spiro atoms. The summed E-state index contributed by atoms with van der Waals surface area (Å²) in [7, 11) is 0. The van der Waals surface area contributed by atoms with Gasteiger partial charge in [-0.15, -0.1) is 0 Å². The molecule has 144 valence electrons. The van der Waals surface area contributed by atoms with Crippen molar-refractivity contribution in [1.82, 2.24) is 24.6 Å². The zero-order valence-corrected chi connectivity index (χ0v) is 15.8. The van der Waals surface area contributed by atoms with Gasteiger partial charge in [0.25, 0.3) is 0 Å². The third-order valence-electron chi connectivity index (χ3n) is 5.79. The van der Waals surface area contributed by atoms with Crippen LogP contribution in [0.3, 0.4) is 0 Å². The van der Waals surface area contributed by atoms with Crippen molar-refractivity contribution in [2.45, 2.75) is 31.4 Å². The Morgan fingerprint density at radius 3 is 2.75 bits per heavy atom. The number of anilines is 1. The van der Waals surface area contributed by atoms with Gasteiger partial charge in [-0.2, -0.15) is 5.10 Å². The van der Waals surface area contributed by atoms with Crippen molar-refractivity contribution in [1.29, 1.82) is 0 Å². The fourth-order valence-corrected chi connectivity index (χ4v) is 4.30. The van der Waals surface area contributed by atoms with E-state index in [1.165, 1.54) is 11.1 Å². The van der Waals surface area contributed by atoms with E-state index in [1.807, 2.05) is 35.3 Å². The lowest BCUT2D eigenvalue weighted by molar-refractivity contribution is -0.102. The Balaban J connectivity index is 1.28. The smallest absolute Gasteiger partial charge is 0.220 e. The molecule has 0 aliphatic carbocycles. The van der Waals surface area contributed by atoms with Gasteiger partial charge < -0.3 is 10.5 Å². The number of nitrogens with zero attached hydrogens (tertiary/aromatic N) is 5. The number of likely N-dealkylation sites (tertiary alicyclic amines) is 1. The standard InChI is InChI=1S/C21H24N6O/c22-20-23-13-17-6-11-28-21(19(17)25-20)7-9-26(10-8-21)14-16-12-24-27(15-16)18-4-2-1-3-5-18/h1-5,12-13,15H,6-11,14H2,(H2,22,23,25). The van der Waals surface area contributed by atoms with Gasteiger partial charge in [0.1, 0.15) is 5.60 Å². The molecule has 0 atom stereocenters. The van der Waals surface area contributed by atoms with Crippen molar-refractivity contribution < 1.29 is 4.74 Å². The van der Waals surface area contributed by atoms with Crippen LogP contribution in [0.1, 0.15) is 29.7 Å². The third-order valence-corrected chi connectivity index (χ3v) is 5.79. The van der Waals surface area contributed by atoms with Crippen molar-refractivity contribution in [2.75, 3.05) is 25.4 Å². The number of nitrogens with two attached hydrogens (primary N) is 1. The Labute approximate surface area is 164 Å². The number of piperidine rings is 1. The van der Waals surface area contributed by atoms with Crippen LogP contribution < -0.4 is 5.73 Å². The summed E-state index contributed by atoms with van der Waals surface area (Å²) in [6.45, 7) is 3.53. The van der Waals surface area contributed by atoms with E-state index >= 15 is 0 Å². The van der Waals surface area contributed by atoms with E-state index in [0.29, 0.717) is 5.95 Å². The van der Waals surface area contributed by atoms with Crippen molar-refractivity contribution in [3.05, 3.63) is 65.7 Å². The summed E-state index contributed by atoms with van der Waals surface area (Å²) in [6.07, 6.45) is 8.64. The van der Waals surface area contributed by atoms with Gasteiger partial charge in [-0.3, -0.25) is 4.90 Å². The molecule has 7 heteroatoms. The molecule has 0 saturated carbocycles. The molecule has 1 fully saturated rings. The van der Waals surface area contributed by atoms with Crippen LogP contribution in [0, 0.1) is 0 Å². The second-order valence-electron chi connectivity index (χ2n) is 7.60. The van der Waals surface area contributed by atoms with Gasteiger partial charge in [0.05, 0.1) is 24.2 Å². The minimum Gasteiger partial charge on any atom is -0.368 e. The minimum atomic E-state index is -0.310. The zero-order valence-electron chi connectivity index (χ0n) is 15.8. The van der Waals surface area contributed by atoms with Crippen LogP contribution in [0.2, 0.25) is 0 Å². The number of benzene rings is 1. The third kappa shape index (κ3) is 3.16. The second-order valence-corrected chi connectivity index (χ2v) is 7.60. The van der Waals surface area contributed by atoms with Gasteiger partial charge in [0.15, 0.2) is 0 Å². The van der Waals surface area contributed by atoms with Gasteiger partial charge in [-0.25, -0.2) is 14.6 Å². The van der Waals surface area contributed by atoms with Gasteiger partial charge in [-0.1, -0.05) is 18.2 Å². The first-order valence-electron chi connectivity index (χ1n) is 9.79.